The topological polar surface area (TPSA) is 130 Å². The van der Waals surface area contributed by atoms with Crippen molar-refractivity contribution in [1.82, 2.24) is 24.9 Å². The standard InChI is InChI=1S/C26H21F2N7O3S/c27-15-11-20(33(12-15)21(36)13-34-19-7-2-1-6-17(19)23(32-34)25(29)37)26(38)35(28)16-5-3-4-14(10-16)22-24-18(30-31-22)8-9-39-24/h1-10,15,20H,11-13H2,(H2,29,37)(H,30,31)/t15-,20+/m1/s1. The van der Waals surface area contributed by atoms with E-state index in [4.69, 9.17) is 5.73 Å². The molecule has 5 aromatic rings. The monoisotopic (exact) mass is 549 g/mol. The fourth-order valence-electron chi connectivity index (χ4n) is 4.92. The zero-order chi connectivity index (χ0) is 27.3. The Morgan fingerprint density at radius 1 is 1.15 bits per heavy atom. The van der Waals surface area contributed by atoms with Gasteiger partial charge in [-0.2, -0.15) is 10.2 Å². The van der Waals surface area contributed by atoms with Crippen LogP contribution in [0.1, 0.15) is 16.9 Å². The maximum absolute atomic E-state index is 15.5. The Morgan fingerprint density at radius 3 is 2.79 bits per heavy atom. The summed E-state index contributed by atoms with van der Waals surface area (Å²) in [6.07, 6.45) is -1.85. The number of hydrogen-bond acceptors (Lipinski definition) is 6. The van der Waals surface area contributed by atoms with Gasteiger partial charge in [-0.15, -0.1) is 16.5 Å². The lowest BCUT2D eigenvalue weighted by molar-refractivity contribution is -0.139. The van der Waals surface area contributed by atoms with Crippen molar-refractivity contribution in [1.29, 1.82) is 0 Å². The number of alkyl halides is 1. The minimum Gasteiger partial charge on any atom is -0.364 e. The maximum Gasteiger partial charge on any atom is 0.277 e. The highest BCUT2D eigenvalue weighted by Gasteiger charge is 2.42. The van der Waals surface area contributed by atoms with Crippen molar-refractivity contribution in [2.24, 2.45) is 5.73 Å². The predicted molar refractivity (Wildman–Crippen MR) is 141 cm³/mol. The van der Waals surface area contributed by atoms with E-state index in [9.17, 15) is 18.8 Å². The van der Waals surface area contributed by atoms with Crippen molar-refractivity contribution >= 4 is 55.9 Å². The summed E-state index contributed by atoms with van der Waals surface area (Å²) in [6, 6.07) is 13.5. The smallest absolute Gasteiger partial charge is 0.277 e. The van der Waals surface area contributed by atoms with E-state index in [0.29, 0.717) is 22.2 Å². The second kappa shape index (κ2) is 9.58. The molecule has 13 heteroatoms. The molecule has 1 aliphatic heterocycles. The summed E-state index contributed by atoms with van der Waals surface area (Å²) < 4.78 is 32.1. The normalized spacial score (nSPS) is 17.2. The van der Waals surface area contributed by atoms with E-state index in [0.717, 1.165) is 15.1 Å². The minimum absolute atomic E-state index is 0.0117. The summed E-state index contributed by atoms with van der Waals surface area (Å²) in [4.78, 5) is 39.3. The van der Waals surface area contributed by atoms with Crippen LogP contribution in [0.15, 0.2) is 60.0 Å². The first kappa shape index (κ1) is 24.7. The lowest BCUT2D eigenvalue weighted by atomic mass is 10.1. The van der Waals surface area contributed by atoms with E-state index in [-0.39, 0.29) is 36.0 Å². The highest BCUT2D eigenvalue weighted by atomic mass is 32.1. The quantitative estimate of drug-likeness (QED) is 0.313. The molecular formula is C26H21F2N7O3S. The molecule has 3 amide bonds. The third-order valence-corrected chi connectivity index (χ3v) is 7.66. The number of likely N-dealkylation sites (tertiary alicyclic amines) is 1. The number of rotatable bonds is 6. The van der Waals surface area contributed by atoms with Crippen molar-refractivity contribution in [3.05, 3.63) is 65.7 Å². The lowest BCUT2D eigenvalue weighted by Crippen LogP contribution is -2.46. The Kier molecular flexibility index (Phi) is 6.06. The van der Waals surface area contributed by atoms with E-state index in [1.165, 1.54) is 28.2 Å². The van der Waals surface area contributed by atoms with Gasteiger partial charge in [-0.25, -0.2) is 4.39 Å². The Labute approximate surface area is 223 Å². The number of nitrogens with one attached hydrogen (secondary N) is 1. The summed E-state index contributed by atoms with van der Waals surface area (Å²) in [5.41, 5.74) is 7.87. The highest BCUT2D eigenvalue weighted by Crippen LogP contribution is 2.33. The number of fused-ring (bicyclic) bond motifs is 2. The van der Waals surface area contributed by atoms with Gasteiger partial charge in [0.1, 0.15) is 24.5 Å². The van der Waals surface area contributed by atoms with E-state index in [1.807, 2.05) is 11.4 Å². The van der Waals surface area contributed by atoms with Gasteiger partial charge in [0.2, 0.25) is 5.91 Å². The molecule has 0 radical (unpaired) electrons. The largest absolute Gasteiger partial charge is 0.364 e. The number of amides is 3. The van der Waals surface area contributed by atoms with Crippen molar-refractivity contribution in [2.45, 2.75) is 25.2 Å². The van der Waals surface area contributed by atoms with Crippen LogP contribution in [0.5, 0.6) is 0 Å². The number of benzene rings is 2. The van der Waals surface area contributed by atoms with Crippen LogP contribution in [0.4, 0.5) is 14.6 Å². The molecule has 0 saturated carbocycles. The number of para-hydroxylation sites is 1. The molecule has 0 aliphatic carbocycles. The molecule has 3 aromatic heterocycles. The fraction of sp³-hybridized carbons (Fsp3) is 0.192. The van der Waals surface area contributed by atoms with Crippen molar-refractivity contribution in [3.8, 4) is 11.3 Å². The van der Waals surface area contributed by atoms with Gasteiger partial charge in [-0.05, 0) is 29.6 Å². The Morgan fingerprint density at radius 2 is 1.97 bits per heavy atom. The second-order valence-corrected chi connectivity index (χ2v) is 10.1. The molecular weight excluding hydrogens is 528 g/mol. The van der Waals surface area contributed by atoms with Crippen LogP contribution in [0.2, 0.25) is 0 Å². The first-order chi connectivity index (χ1) is 18.8. The van der Waals surface area contributed by atoms with Gasteiger partial charge in [-0.1, -0.05) is 34.8 Å². The Hall–Kier alpha value is -4.65. The zero-order valence-electron chi connectivity index (χ0n) is 20.3. The zero-order valence-corrected chi connectivity index (χ0v) is 21.1. The molecule has 1 saturated heterocycles. The Bertz CT molecular complexity index is 1750. The number of hydrogen-bond donors (Lipinski definition) is 2. The molecule has 2 aromatic carbocycles. The molecule has 4 heterocycles. The van der Waals surface area contributed by atoms with Gasteiger partial charge >= 0.3 is 0 Å². The molecule has 1 aliphatic rings. The average Bonchev–Trinajstić information content (AvgIpc) is 3.71. The van der Waals surface area contributed by atoms with E-state index in [1.54, 1.807) is 36.4 Å². The predicted octanol–water partition coefficient (Wildman–Crippen LogP) is 3.60. The minimum atomic E-state index is -1.51. The van der Waals surface area contributed by atoms with Crippen LogP contribution in [0.25, 0.3) is 32.4 Å². The number of nitrogens with zero attached hydrogens (tertiary/aromatic N) is 5. The highest BCUT2D eigenvalue weighted by molar-refractivity contribution is 7.17. The molecule has 2 atom stereocenters. The molecule has 10 nitrogen and oxygen atoms in total. The molecule has 3 N–H and O–H groups in total. The number of aromatic amines is 1. The van der Waals surface area contributed by atoms with Crippen molar-refractivity contribution in [3.63, 3.8) is 0 Å². The van der Waals surface area contributed by atoms with Crippen molar-refractivity contribution < 1.29 is 23.3 Å². The number of primary amides is 1. The number of carbonyl (C=O) groups excluding carboxylic acids is 3. The number of halogens is 2. The maximum atomic E-state index is 15.5. The van der Waals surface area contributed by atoms with Gasteiger partial charge < -0.3 is 10.6 Å². The number of nitrogens with two attached hydrogens (primary N) is 1. The number of carbonyl (C=O) groups is 3. The van der Waals surface area contributed by atoms with Crippen LogP contribution in [-0.2, 0) is 16.1 Å². The molecule has 0 unspecified atom stereocenters. The summed E-state index contributed by atoms with van der Waals surface area (Å²) in [6.45, 7) is -0.753. The molecule has 0 spiro atoms. The second-order valence-electron chi connectivity index (χ2n) is 9.19. The van der Waals surface area contributed by atoms with Gasteiger partial charge in [0.15, 0.2) is 5.69 Å². The molecule has 1 fully saturated rings. The SMILES string of the molecule is NC(=O)c1nn(CC(=O)N2C[C@H](F)C[C@H]2C(=O)N(F)c2cccc(-c3n[nH]c4ccsc34)c2)c2ccccc12. The van der Waals surface area contributed by atoms with E-state index in [2.05, 4.69) is 15.3 Å². The third-order valence-electron chi connectivity index (χ3n) is 6.74. The molecule has 198 valence electrons. The van der Waals surface area contributed by atoms with Crippen LogP contribution in [0, 0.1) is 0 Å². The van der Waals surface area contributed by atoms with Gasteiger partial charge in [0.25, 0.3) is 11.8 Å². The summed E-state index contributed by atoms with van der Waals surface area (Å²) in [7, 11) is 0. The molecule has 39 heavy (non-hydrogen) atoms. The van der Waals surface area contributed by atoms with Gasteiger partial charge in [0, 0.05) is 17.4 Å². The number of H-pyrrole nitrogens is 1. The van der Waals surface area contributed by atoms with Crippen LogP contribution >= 0.6 is 11.3 Å². The van der Waals surface area contributed by atoms with Gasteiger partial charge in [0.05, 0.1) is 28.0 Å². The summed E-state index contributed by atoms with van der Waals surface area (Å²) >= 11 is 1.48. The summed E-state index contributed by atoms with van der Waals surface area (Å²) in [5, 5.41) is 13.7. The number of anilines is 1. The van der Waals surface area contributed by atoms with E-state index < -0.39 is 29.9 Å². The van der Waals surface area contributed by atoms with E-state index >= 15 is 4.48 Å². The third kappa shape index (κ3) is 4.30. The molecule has 0 bridgehead atoms. The lowest BCUT2D eigenvalue weighted by Gasteiger charge is -2.25. The Balaban J connectivity index is 1.25. The first-order valence-electron chi connectivity index (χ1n) is 12.0. The number of thiophene rings is 1. The van der Waals surface area contributed by atoms with Crippen LogP contribution < -0.4 is 10.9 Å². The summed E-state index contributed by atoms with van der Waals surface area (Å²) in [5.74, 6) is -2.47. The average molecular weight is 550 g/mol. The van der Waals surface area contributed by atoms with Crippen molar-refractivity contribution in [2.75, 3.05) is 11.7 Å². The van der Waals surface area contributed by atoms with Crippen LogP contribution in [0.3, 0.4) is 0 Å². The molecule has 6 rings (SSSR count). The number of aromatic nitrogens is 4. The first-order valence-corrected chi connectivity index (χ1v) is 12.9. The van der Waals surface area contributed by atoms with Crippen LogP contribution in [-0.4, -0.2) is 61.4 Å². The van der Waals surface area contributed by atoms with Gasteiger partial charge in [-0.3, -0.25) is 24.2 Å². The fourth-order valence-corrected chi connectivity index (χ4v) is 5.78.